The first-order valence-electron chi connectivity index (χ1n) is 14.3. The SMILES string of the molecule is C=CCOC(=O)COc1cc2ccc3ccccc3c2cc1-c1cc2c(ccc3ccccc32)cc1OCC(=O)OCC=C. The van der Waals surface area contributed by atoms with Gasteiger partial charge in [-0.3, -0.25) is 0 Å². The van der Waals surface area contributed by atoms with Crippen LogP contribution in [0.3, 0.4) is 0 Å². The predicted molar refractivity (Wildman–Crippen MR) is 175 cm³/mol. The van der Waals surface area contributed by atoms with Crippen molar-refractivity contribution >= 4 is 55.0 Å². The minimum atomic E-state index is -0.514. The average molecular weight is 583 g/mol. The van der Waals surface area contributed by atoms with Crippen molar-refractivity contribution in [1.29, 1.82) is 0 Å². The topological polar surface area (TPSA) is 71.1 Å². The number of hydrogen-bond acceptors (Lipinski definition) is 6. The lowest BCUT2D eigenvalue weighted by atomic mass is 9.93. The van der Waals surface area contributed by atoms with Gasteiger partial charge >= 0.3 is 11.9 Å². The number of esters is 2. The van der Waals surface area contributed by atoms with Crippen LogP contribution in [0, 0.1) is 0 Å². The van der Waals surface area contributed by atoms with Gasteiger partial charge in [0.25, 0.3) is 0 Å². The van der Waals surface area contributed by atoms with Gasteiger partial charge < -0.3 is 18.9 Å². The molecule has 0 fully saturated rings. The smallest absolute Gasteiger partial charge is 0.344 e. The second-order valence-corrected chi connectivity index (χ2v) is 10.2. The summed E-state index contributed by atoms with van der Waals surface area (Å²) < 4.78 is 22.6. The van der Waals surface area contributed by atoms with Gasteiger partial charge in [0.2, 0.25) is 0 Å². The molecule has 0 radical (unpaired) electrons. The van der Waals surface area contributed by atoms with Crippen LogP contribution in [0.4, 0.5) is 0 Å². The average Bonchev–Trinajstić information content (AvgIpc) is 3.06. The minimum absolute atomic E-state index is 0.0937. The molecule has 6 nitrogen and oxygen atoms in total. The normalized spacial score (nSPS) is 11.0. The molecule has 0 aromatic heterocycles. The molecule has 0 saturated carbocycles. The number of rotatable bonds is 11. The summed E-state index contributed by atoms with van der Waals surface area (Å²) in [6.07, 6.45) is 3.01. The summed E-state index contributed by atoms with van der Waals surface area (Å²) >= 11 is 0. The Kier molecular flexibility index (Phi) is 8.23. The van der Waals surface area contributed by atoms with Crippen molar-refractivity contribution in [2.45, 2.75) is 0 Å². The van der Waals surface area contributed by atoms with Gasteiger partial charge in [0.05, 0.1) is 0 Å². The molecule has 0 heterocycles. The van der Waals surface area contributed by atoms with Crippen LogP contribution in [-0.4, -0.2) is 38.4 Å². The maximum atomic E-state index is 12.4. The predicted octanol–water partition coefficient (Wildman–Crippen LogP) is 8.18. The zero-order valence-electron chi connectivity index (χ0n) is 24.1. The Morgan fingerprint density at radius 2 is 0.932 bits per heavy atom. The van der Waals surface area contributed by atoms with E-state index in [1.807, 2.05) is 48.5 Å². The summed E-state index contributed by atoms with van der Waals surface area (Å²) in [6, 6.07) is 32.5. The van der Waals surface area contributed by atoms with E-state index in [4.69, 9.17) is 18.9 Å². The van der Waals surface area contributed by atoms with Crippen LogP contribution in [0.25, 0.3) is 54.2 Å². The molecule has 6 rings (SSSR count). The zero-order chi connectivity index (χ0) is 30.5. The van der Waals surface area contributed by atoms with E-state index in [1.54, 1.807) is 0 Å². The van der Waals surface area contributed by atoms with Crippen LogP contribution in [0.5, 0.6) is 11.5 Å². The quantitative estimate of drug-likeness (QED) is 0.0872. The maximum Gasteiger partial charge on any atom is 0.344 e. The number of carbonyl (C=O) groups excluding carboxylic acids is 2. The molecule has 0 spiro atoms. The second-order valence-electron chi connectivity index (χ2n) is 10.2. The van der Waals surface area contributed by atoms with Gasteiger partial charge in [-0.05, 0) is 67.4 Å². The fourth-order valence-electron chi connectivity index (χ4n) is 5.39. The largest absolute Gasteiger partial charge is 0.481 e. The Labute approximate surface area is 254 Å². The molecule has 218 valence electrons. The zero-order valence-corrected chi connectivity index (χ0v) is 24.1. The molecular formula is C38H30O6. The fourth-order valence-corrected chi connectivity index (χ4v) is 5.39. The van der Waals surface area contributed by atoms with Crippen LogP contribution < -0.4 is 9.47 Å². The number of carbonyl (C=O) groups is 2. The number of hydrogen-bond donors (Lipinski definition) is 0. The van der Waals surface area contributed by atoms with E-state index < -0.39 is 11.9 Å². The molecule has 0 amide bonds. The van der Waals surface area contributed by atoms with Crippen molar-refractivity contribution in [2.75, 3.05) is 26.4 Å². The standard InChI is InChI=1S/C38H30O6/c1-3-17-41-37(39)23-43-35-19-27-15-13-25-9-5-7-11-29(25)31(27)21-33(35)34-22-32-28(16-14-26-10-6-8-12-30(26)32)20-36(34)44-24-38(40)42-18-4-2/h3-16,19-22H,1-2,17-18,23-24H2. The molecule has 0 bridgehead atoms. The minimum Gasteiger partial charge on any atom is -0.481 e. The monoisotopic (exact) mass is 582 g/mol. The van der Waals surface area contributed by atoms with Crippen LogP contribution in [0.1, 0.15) is 0 Å². The fraction of sp³-hybridized carbons (Fsp3) is 0.105. The lowest BCUT2D eigenvalue weighted by molar-refractivity contribution is -0.145. The van der Waals surface area contributed by atoms with Crippen molar-refractivity contribution < 1.29 is 28.5 Å². The summed E-state index contributed by atoms with van der Waals surface area (Å²) in [7, 11) is 0. The van der Waals surface area contributed by atoms with E-state index in [0.29, 0.717) is 22.6 Å². The highest BCUT2D eigenvalue weighted by Gasteiger charge is 2.19. The van der Waals surface area contributed by atoms with Crippen LogP contribution >= 0.6 is 0 Å². The molecular weight excluding hydrogens is 552 g/mol. The van der Waals surface area contributed by atoms with Crippen molar-refractivity contribution in [3.8, 4) is 22.6 Å². The number of benzene rings is 6. The van der Waals surface area contributed by atoms with Crippen molar-refractivity contribution in [3.63, 3.8) is 0 Å². The first-order valence-corrected chi connectivity index (χ1v) is 14.3. The van der Waals surface area contributed by atoms with Gasteiger partial charge in [-0.15, -0.1) is 0 Å². The highest BCUT2D eigenvalue weighted by molar-refractivity contribution is 6.12. The van der Waals surface area contributed by atoms with Gasteiger partial charge in [0.15, 0.2) is 13.2 Å². The third-order valence-electron chi connectivity index (χ3n) is 7.40. The molecule has 0 saturated heterocycles. The molecule has 0 aliphatic carbocycles. The van der Waals surface area contributed by atoms with Crippen LogP contribution in [0.15, 0.2) is 122 Å². The molecule has 6 aromatic rings. The van der Waals surface area contributed by atoms with E-state index in [9.17, 15) is 9.59 Å². The Balaban J connectivity index is 1.57. The van der Waals surface area contributed by atoms with Crippen LogP contribution in [0.2, 0.25) is 0 Å². The van der Waals surface area contributed by atoms with E-state index >= 15 is 0 Å². The van der Waals surface area contributed by atoms with Gasteiger partial charge in [-0.1, -0.05) is 98.1 Å². The molecule has 6 aromatic carbocycles. The summed E-state index contributed by atoms with van der Waals surface area (Å²) in [4.78, 5) is 24.9. The van der Waals surface area contributed by atoms with E-state index in [0.717, 1.165) is 43.1 Å². The molecule has 0 unspecified atom stereocenters. The van der Waals surface area contributed by atoms with Gasteiger partial charge in [0.1, 0.15) is 24.7 Å². The van der Waals surface area contributed by atoms with E-state index in [-0.39, 0.29) is 26.4 Å². The van der Waals surface area contributed by atoms with Crippen molar-refractivity contribution in [3.05, 3.63) is 122 Å². The van der Waals surface area contributed by atoms with Gasteiger partial charge in [0, 0.05) is 11.1 Å². The maximum absolute atomic E-state index is 12.4. The van der Waals surface area contributed by atoms with E-state index in [1.165, 1.54) is 12.2 Å². The number of fused-ring (bicyclic) bond motifs is 6. The molecule has 0 N–H and O–H groups in total. The third kappa shape index (κ3) is 5.83. The second kappa shape index (κ2) is 12.7. The Hall–Kier alpha value is -5.62. The summed E-state index contributed by atoms with van der Waals surface area (Å²) in [6.45, 7) is 6.80. The Bertz CT molecular complexity index is 1910. The van der Waals surface area contributed by atoms with Crippen molar-refractivity contribution in [2.24, 2.45) is 0 Å². The lowest BCUT2D eigenvalue weighted by Crippen LogP contribution is -2.16. The number of ether oxygens (including phenoxy) is 4. The van der Waals surface area contributed by atoms with Gasteiger partial charge in [-0.2, -0.15) is 0 Å². The van der Waals surface area contributed by atoms with Crippen LogP contribution in [-0.2, 0) is 19.1 Å². The molecule has 0 aliphatic heterocycles. The van der Waals surface area contributed by atoms with E-state index in [2.05, 4.69) is 61.7 Å². The Morgan fingerprint density at radius 1 is 0.523 bits per heavy atom. The molecule has 0 atom stereocenters. The highest BCUT2D eigenvalue weighted by atomic mass is 16.6. The Morgan fingerprint density at radius 3 is 1.36 bits per heavy atom. The first kappa shape index (κ1) is 28.5. The summed E-state index contributed by atoms with van der Waals surface area (Å²) in [5.41, 5.74) is 1.41. The molecule has 0 aliphatic rings. The first-order chi connectivity index (χ1) is 21.6. The molecule has 6 heteroatoms. The molecule has 44 heavy (non-hydrogen) atoms. The summed E-state index contributed by atoms with van der Waals surface area (Å²) in [5.74, 6) is -0.0789. The van der Waals surface area contributed by atoms with Crippen molar-refractivity contribution in [1.82, 2.24) is 0 Å². The summed E-state index contributed by atoms with van der Waals surface area (Å²) in [5, 5.41) is 8.25. The highest BCUT2D eigenvalue weighted by Crippen LogP contribution is 2.43. The van der Waals surface area contributed by atoms with Gasteiger partial charge in [-0.25, -0.2) is 9.59 Å². The third-order valence-corrected chi connectivity index (χ3v) is 7.40. The lowest BCUT2D eigenvalue weighted by Gasteiger charge is -2.18.